The molecule has 2 rings (SSSR count). The molecule has 2 N–H and O–H groups in total. The zero-order chi connectivity index (χ0) is 20.0. The molecule has 0 spiro atoms. The Labute approximate surface area is 157 Å². The molecule has 0 bridgehead atoms. The van der Waals surface area contributed by atoms with Gasteiger partial charge in [0.2, 0.25) is 5.82 Å². The van der Waals surface area contributed by atoms with E-state index in [4.69, 9.17) is 17.0 Å². The number of nitrogens with zero attached hydrogens (tertiary/aromatic N) is 2. The van der Waals surface area contributed by atoms with Crippen molar-refractivity contribution in [1.29, 1.82) is 0 Å². The Morgan fingerprint density at radius 3 is 2.37 bits per heavy atom. The van der Waals surface area contributed by atoms with Crippen molar-refractivity contribution in [3.8, 4) is 0 Å². The van der Waals surface area contributed by atoms with Crippen LogP contribution in [0, 0.1) is 29.1 Å². The highest BCUT2D eigenvalue weighted by Crippen LogP contribution is 2.23. The Bertz CT molecular complexity index is 785. The summed E-state index contributed by atoms with van der Waals surface area (Å²) >= 11 is 5.07. The zero-order valence-corrected chi connectivity index (χ0v) is 15.1. The summed E-state index contributed by atoms with van der Waals surface area (Å²) in [5.41, 5.74) is -0.974. The number of rotatable bonds is 8. The zero-order valence-electron chi connectivity index (χ0n) is 14.3. The van der Waals surface area contributed by atoms with Crippen LogP contribution in [-0.2, 0) is 11.3 Å². The number of hydrogen-bond acceptors (Lipinski definition) is 3. The number of halogens is 5. The van der Waals surface area contributed by atoms with Gasteiger partial charge in [-0.3, -0.25) is 4.68 Å². The summed E-state index contributed by atoms with van der Waals surface area (Å²) in [7, 11) is 0. The average molecular weight is 408 g/mol. The molecule has 1 aromatic carbocycles. The highest BCUT2D eigenvalue weighted by molar-refractivity contribution is 7.80. The third-order valence-electron chi connectivity index (χ3n) is 3.46. The van der Waals surface area contributed by atoms with E-state index in [9.17, 15) is 22.0 Å². The summed E-state index contributed by atoms with van der Waals surface area (Å²) in [6.07, 6.45) is 2.06. The fraction of sp³-hybridized carbons (Fsp3) is 0.375. The molecule has 0 aliphatic carbocycles. The second-order valence-electron chi connectivity index (χ2n) is 5.38. The Balaban J connectivity index is 1.98. The van der Waals surface area contributed by atoms with Crippen molar-refractivity contribution < 1.29 is 26.7 Å². The van der Waals surface area contributed by atoms with Gasteiger partial charge < -0.3 is 15.4 Å². The number of hydrogen-bond donors (Lipinski definition) is 2. The van der Waals surface area contributed by atoms with Crippen molar-refractivity contribution in [3.05, 3.63) is 46.9 Å². The number of thiocarbonyl (C=S) groups is 1. The lowest BCUT2D eigenvalue weighted by Gasteiger charge is -2.09. The smallest absolute Gasteiger partial charge is 0.200 e. The highest BCUT2D eigenvalue weighted by atomic mass is 32.1. The molecule has 0 unspecified atom stereocenters. The second-order valence-corrected chi connectivity index (χ2v) is 5.79. The van der Waals surface area contributed by atoms with Crippen LogP contribution in [0.1, 0.15) is 18.9 Å². The predicted octanol–water partition coefficient (Wildman–Crippen LogP) is 3.34. The predicted molar refractivity (Wildman–Crippen MR) is 92.9 cm³/mol. The number of aromatic nitrogens is 2. The SMILES string of the molecule is CCOCCCNC(=S)Nc1ccn(Cc2c(F)c(F)c(F)c(F)c2F)n1. The molecule has 0 saturated heterocycles. The molecule has 148 valence electrons. The van der Waals surface area contributed by atoms with Gasteiger partial charge >= 0.3 is 0 Å². The first-order valence-corrected chi connectivity index (χ1v) is 8.42. The van der Waals surface area contributed by atoms with E-state index < -0.39 is 41.2 Å². The lowest BCUT2D eigenvalue weighted by molar-refractivity contribution is 0.146. The van der Waals surface area contributed by atoms with Crippen LogP contribution in [0.2, 0.25) is 0 Å². The maximum absolute atomic E-state index is 13.7. The Hall–Kier alpha value is -2.27. The molecule has 0 radical (unpaired) electrons. The van der Waals surface area contributed by atoms with Gasteiger partial charge in [0.25, 0.3) is 0 Å². The van der Waals surface area contributed by atoms with Crippen LogP contribution in [0.15, 0.2) is 12.3 Å². The van der Waals surface area contributed by atoms with Crippen LogP contribution in [0.5, 0.6) is 0 Å². The van der Waals surface area contributed by atoms with Crippen LogP contribution >= 0.6 is 12.2 Å². The van der Waals surface area contributed by atoms with Gasteiger partial charge in [-0.1, -0.05) is 0 Å². The largest absolute Gasteiger partial charge is 0.382 e. The fourth-order valence-corrected chi connectivity index (χ4v) is 2.36. The van der Waals surface area contributed by atoms with Crippen LogP contribution < -0.4 is 10.6 Å². The van der Waals surface area contributed by atoms with E-state index in [1.807, 2.05) is 6.92 Å². The van der Waals surface area contributed by atoms with Crippen LogP contribution in [-0.4, -0.2) is 34.7 Å². The standard InChI is InChI=1S/C16H17F5N4OS/c1-2-26-7-3-5-22-16(27)23-10-4-6-25(24-10)8-9-11(17)13(19)15(21)14(20)12(9)18/h4,6H,2-3,5,7-8H2,1H3,(H2,22,23,24,27). The first-order valence-electron chi connectivity index (χ1n) is 8.01. The second kappa shape index (κ2) is 9.60. The molecule has 0 saturated carbocycles. The molecule has 0 aliphatic rings. The maximum atomic E-state index is 13.7. The van der Waals surface area contributed by atoms with E-state index in [1.165, 1.54) is 12.3 Å². The molecule has 11 heteroatoms. The number of anilines is 1. The van der Waals surface area contributed by atoms with E-state index in [0.29, 0.717) is 19.8 Å². The van der Waals surface area contributed by atoms with Crippen molar-refractivity contribution in [3.63, 3.8) is 0 Å². The van der Waals surface area contributed by atoms with Gasteiger partial charge in [-0.25, -0.2) is 22.0 Å². The van der Waals surface area contributed by atoms with Gasteiger partial charge in [-0.05, 0) is 25.6 Å². The minimum absolute atomic E-state index is 0.251. The lowest BCUT2D eigenvalue weighted by Crippen LogP contribution is -2.30. The van der Waals surface area contributed by atoms with E-state index in [1.54, 1.807) is 0 Å². The maximum Gasteiger partial charge on any atom is 0.200 e. The van der Waals surface area contributed by atoms with E-state index in [2.05, 4.69) is 15.7 Å². The number of nitrogens with one attached hydrogen (secondary N) is 2. The summed E-state index contributed by atoms with van der Waals surface area (Å²) in [5.74, 6) is -9.71. The molecule has 1 heterocycles. The monoisotopic (exact) mass is 408 g/mol. The first-order chi connectivity index (χ1) is 12.8. The lowest BCUT2D eigenvalue weighted by atomic mass is 10.1. The molecule has 2 aromatic rings. The summed E-state index contributed by atoms with van der Waals surface area (Å²) < 4.78 is 73.2. The van der Waals surface area contributed by atoms with Gasteiger partial charge in [0.05, 0.1) is 12.1 Å². The molecule has 0 amide bonds. The molecule has 1 aromatic heterocycles. The van der Waals surface area contributed by atoms with Crippen molar-refractivity contribution in [2.24, 2.45) is 0 Å². The molecular formula is C16H17F5N4OS. The van der Waals surface area contributed by atoms with Crippen molar-refractivity contribution in [1.82, 2.24) is 15.1 Å². The van der Waals surface area contributed by atoms with E-state index in [-0.39, 0.29) is 10.9 Å². The van der Waals surface area contributed by atoms with Gasteiger partial charge in [-0.2, -0.15) is 5.10 Å². The minimum Gasteiger partial charge on any atom is -0.382 e. The normalized spacial score (nSPS) is 10.9. The van der Waals surface area contributed by atoms with Crippen LogP contribution in [0.25, 0.3) is 0 Å². The molecule has 0 atom stereocenters. The number of benzene rings is 1. The van der Waals surface area contributed by atoms with Gasteiger partial charge in [0.15, 0.2) is 34.2 Å². The summed E-state index contributed by atoms with van der Waals surface area (Å²) in [5, 5.41) is 9.89. The summed E-state index contributed by atoms with van der Waals surface area (Å²) in [6, 6.07) is 1.44. The molecular weight excluding hydrogens is 391 g/mol. The van der Waals surface area contributed by atoms with Gasteiger partial charge in [0.1, 0.15) is 0 Å². The molecule has 0 aliphatic heterocycles. The van der Waals surface area contributed by atoms with Gasteiger partial charge in [-0.15, -0.1) is 0 Å². The minimum atomic E-state index is -2.20. The van der Waals surface area contributed by atoms with Crippen LogP contribution in [0.4, 0.5) is 27.8 Å². The van der Waals surface area contributed by atoms with E-state index in [0.717, 1.165) is 11.1 Å². The Morgan fingerprint density at radius 1 is 1.11 bits per heavy atom. The number of ether oxygens (including phenoxy) is 1. The Morgan fingerprint density at radius 2 is 1.74 bits per heavy atom. The average Bonchev–Trinajstić information content (AvgIpc) is 3.08. The Kier molecular flexibility index (Phi) is 7.48. The topological polar surface area (TPSA) is 51.1 Å². The van der Waals surface area contributed by atoms with Crippen LogP contribution in [0.3, 0.4) is 0 Å². The summed E-state index contributed by atoms with van der Waals surface area (Å²) in [6.45, 7) is 3.04. The molecule has 5 nitrogen and oxygen atoms in total. The first kappa shape index (κ1) is 21.0. The third-order valence-corrected chi connectivity index (χ3v) is 3.70. The van der Waals surface area contributed by atoms with Crippen molar-refractivity contribution in [2.75, 3.05) is 25.1 Å². The molecule has 0 fully saturated rings. The highest BCUT2D eigenvalue weighted by Gasteiger charge is 2.25. The van der Waals surface area contributed by atoms with E-state index >= 15 is 0 Å². The quantitative estimate of drug-likeness (QED) is 0.231. The van der Waals surface area contributed by atoms with Crippen molar-refractivity contribution >= 4 is 23.1 Å². The van der Waals surface area contributed by atoms with Gasteiger partial charge in [0, 0.05) is 32.0 Å². The summed E-state index contributed by atoms with van der Waals surface area (Å²) in [4.78, 5) is 0. The molecule has 27 heavy (non-hydrogen) atoms. The van der Waals surface area contributed by atoms with Crippen molar-refractivity contribution in [2.45, 2.75) is 19.9 Å². The fourth-order valence-electron chi connectivity index (χ4n) is 2.15. The third kappa shape index (κ3) is 5.36.